The van der Waals surface area contributed by atoms with Crippen LogP contribution in [0.2, 0.25) is 0 Å². The zero-order valence-corrected chi connectivity index (χ0v) is 17.0. The summed E-state index contributed by atoms with van der Waals surface area (Å²) < 4.78 is 5.22. The molecule has 1 aliphatic rings. The van der Waals surface area contributed by atoms with Gasteiger partial charge in [-0.25, -0.2) is 0 Å². The normalized spacial score (nSPS) is 15.4. The lowest BCUT2D eigenvalue weighted by atomic mass is 10.1. The Labute approximate surface area is 166 Å². The van der Waals surface area contributed by atoms with Gasteiger partial charge in [-0.3, -0.25) is 9.69 Å². The highest BCUT2D eigenvalue weighted by atomic mass is 32.2. The molecule has 144 valence electrons. The Morgan fingerprint density at radius 2 is 1.67 bits per heavy atom. The van der Waals surface area contributed by atoms with Crippen molar-refractivity contribution in [1.29, 1.82) is 0 Å². The second kappa shape index (κ2) is 9.81. The van der Waals surface area contributed by atoms with Gasteiger partial charge in [0.25, 0.3) is 5.91 Å². The van der Waals surface area contributed by atoms with Crippen LogP contribution in [-0.4, -0.2) is 55.3 Å². The first-order chi connectivity index (χ1) is 13.2. The van der Waals surface area contributed by atoms with E-state index in [9.17, 15) is 4.79 Å². The van der Waals surface area contributed by atoms with E-state index in [-0.39, 0.29) is 5.91 Å². The number of thioether (sulfide) groups is 1. The fraction of sp³-hybridized carbons (Fsp3) is 0.409. The van der Waals surface area contributed by atoms with Gasteiger partial charge in [-0.1, -0.05) is 24.3 Å². The summed E-state index contributed by atoms with van der Waals surface area (Å²) in [6.45, 7) is 4.44. The molecule has 1 aliphatic heterocycles. The topological polar surface area (TPSA) is 32.8 Å². The average Bonchev–Trinajstić information content (AvgIpc) is 2.94. The van der Waals surface area contributed by atoms with E-state index in [0.29, 0.717) is 0 Å². The molecular formula is C22H28N2O2S. The van der Waals surface area contributed by atoms with E-state index < -0.39 is 0 Å². The first kappa shape index (κ1) is 19.8. The maximum Gasteiger partial charge on any atom is 0.253 e. The zero-order valence-electron chi connectivity index (χ0n) is 16.2. The minimum absolute atomic E-state index is 0.150. The molecule has 1 saturated heterocycles. The van der Waals surface area contributed by atoms with E-state index in [0.717, 1.165) is 56.2 Å². The largest absolute Gasteiger partial charge is 0.497 e. The summed E-state index contributed by atoms with van der Waals surface area (Å²) >= 11 is 1.79. The number of amides is 1. The first-order valence-electron chi connectivity index (χ1n) is 9.42. The quantitative estimate of drug-likeness (QED) is 0.756. The maximum absolute atomic E-state index is 12.8. The molecule has 1 amide bonds. The van der Waals surface area contributed by atoms with Crippen molar-refractivity contribution >= 4 is 17.7 Å². The minimum Gasteiger partial charge on any atom is -0.497 e. The van der Waals surface area contributed by atoms with E-state index in [1.165, 1.54) is 11.1 Å². The Morgan fingerprint density at radius 3 is 2.33 bits per heavy atom. The van der Waals surface area contributed by atoms with E-state index in [2.05, 4.69) is 35.4 Å². The molecule has 0 saturated carbocycles. The third-order valence-corrected chi connectivity index (χ3v) is 5.57. The van der Waals surface area contributed by atoms with Crippen LogP contribution in [0.4, 0.5) is 0 Å². The molecule has 3 rings (SSSR count). The molecule has 0 unspecified atom stereocenters. The van der Waals surface area contributed by atoms with Crippen LogP contribution >= 0.6 is 11.8 Å². The Hall–Kier alpha value is -1.98. The lowest BCUT2D eigenvalue weighted by molar-refractivity contribution is 0.0761. The molecule has 5 heteroatoms. The lowest BCUT2D eigenvalue weighted by Crippen LogP contribution is -2.35. The number of carbonyl (C=O) groups excluding carboxylic acids is 1. The van der Waals surface area contributed by atoms with Crippen LogP contribution < -0.4 is 4.74 Å². The minimum atomic E-state index is 0.150. The van der Waals surface area contributed by atoms with Gasteiger partial charge in [0.2, 0.25) is 0 Å². The van der Waals surface area contributed by atoms with Crippen molar-refractivity contribution in [1.82, 2.24) is 9.80 Å². The standard InChI is InChI=1S/C22H28N2O2S/c1-26-21-10-6-18(7-11-21)16-23-12-3-13-24(15-14-23)22(25)20-8-4-19(5-9-20)17-27-2/h4-11H,3,12-17H2,1-2H3. The summed E-state index contributed by atoms with van der Waals surface area (Å²) in [7, 11) is 1.69. The van der Waals surface area contributed by atoms with Crippen LogP contribution in [0.5, 0.6) is 5.75 Å². The zero-order chi connectivity index (χ0) is 19.1. The SMILES string of the molecule is COc1ccc(CN2CCCN(C(=O)c3ccc(CSC)cc3)CC2)cc1. The number of nitrogens with zero attached hydrogens (tertiary/aromatic N) is 2. The molecule has 0 aromatic heterocycles. The Morgan fingerprint density at radius 1 is 0.963 bits per heavy atom. The maximum atomic E-state index is 12.8. The molecule has 27 heavy (non-hydrogen) atoms. The van der Waals surface area contributed by atoms with Crippen molar-refractivity contribution in [3.05, 3.63) is 65.2 Å². The number of hydrogen-bond donors (Lipinski definition) is 0. The van der Waals surface area contributed by atoms with Gasteiger partial charge >= 0.3 is 0 Å². The smallest absolute Gasteiger partial charge is 0.253 e. The van der Waals surface area contributed by atoms with E-state index in [1.807, 2.05) is 29.2 Å². The molecule has 2 aromatic carbocycles. The average molecular weight is 385 g/mol. The van der Waals surface area contributed by atoms with Gasteiger partial charge in [0, 0.05) is 44.0 Å². The number of ether oxygens (including phenoxy) is 1. The molecule has 1 fully saturated rings. The summed E-state index contributed by atoms with van der Waals surface area (Å²) in [5.41, 5.74) is 3.34. The fourth-order valence-electron chi connectivity index (χ4n) is 3.41. The van der Waals surface area contributed by atoms with Gasteiger partial charge < -0.3 is 9.64 Å². The number of hydrogen-bond acceptors (Lipinski definition) is 4. The second-order valence-corrected chi connectivity index (χ2v) is 7.77. The summed E-state index contributed by atoms with van der Waals surface area (Å²) in [5, 5.41) is 0. The van der Waals surface area contributed by atoms with Crippen LogP contribution in [0.3, 0.4) is 0 Å². The molecule has 0 atom stereocenters. The van der Waals surface area contributed by atoms with Crippen molar-refractivity contribution in [2.45, 2.75) is 18.7 Å². The summed E-state index contributed by atoms with van der Waals surface area (Å²) in [6.07, 6.45) is 3.10. The van der Waals surface area contributed by atoms with Gasteiger partial charge in [-0.2, -0.15) is 11.8 Å². The predicted octanol–water partition coefficient (Wildman–Crippen LogP) is 3.91. The fourth-order valence-corrected chi connectivity index (χ4v) is 3.94. The second-order valence-electron chi connectivity index (χ2n) is 6.90. The van der Waals surface area contributed by atoms with Crippen molar-refractivity contribution in [2.24, 2.45) is 0 Å². The molecule has 2 aromatic rings. The van der Waals surface area contributed by atoms with Gasteiger partial charge in [0.1, 0.15) is 5.75 Å². The van der Waals surface area contributed by atoms with Crippen molar-refractivity contribution in [3.63, 3.8) is 0 Å². The van der Waals surface area contributed by atoms with Gasteiger partial charge in [-0.05, 0) is 48.1 Å². The molecule has 0 spiro atoms. The molecule has 0 bridgehead atoms. The van der Waals surface area contributed by atoms with E-state index >= 15 is 0 Å². The highest BCUT2D eigenvalue weighted by Crippen LogP contribution is 2.16. The Kier molecular flexibility index (Phi) is 7.18. The highest BCUT2D eigenvalue weighted by Gasteiger charge is 2.20. The number of carbonyl (C=O) groups is 1. The van der Waals surface area contributed by atoms with Crippen molar-refractivity contribution < 1.29 is 9.53 Å². The van der Waals surface area contributed by atoms with Crippen LogP contribution in [0, 0.1) is 0 Å². The van der Waals surface area contributed by atoms with Gasteiger partial charge in [0.15, 0.2) is 0 Å². The van der Waals surface area contributed by atoms with E-state index in [4.69, 9.17) is 4.74 Å². The summed E-state index contributed by atoms with van der Waals surface area (Å²) in [5.74, 6) is 2.02. The highest BCUT2D eigenvalue weighted by molar-refractivity contribution is 7.97. The van der Waals surface area contributed by atoms with Crippen LogP contribution in [0.25, 0.3) is 0 Å². The van der Waals surface area contributed by atoms with Crippen molar-refractivity contribution in [3.8, 4) is 5.75 Å². The van der Waals surface area contributed by atoms with Gasteiger partial charge in [-0.15, -0.1) is 0 Å². The van der Waals surface area contributed by atoms with Crippen LogP contribution in [0.1, 0.15) is 27.9 Å². The third-order valence-electron chi connectivity index (χ3n) is 4.95. The Balaban J connectivity index is 1.56. The lowest BCUT2D eigenvalue weighted by Gasteiger charge is -2.22. The van der Waals surface area contributed by atoms with Crippen LogP contribution in [0.15, 0.2) is 48.5 Å². The number of benzene rings is 2. The third kappa shape index (κ3) is 5.50. The van der Waals surface area contributed by atoms with E-state index in [1.54, 1.807) is 18.9 Å². The molecule has 4 nitrogen and oxygen atoms in total. The summed E-state index contributed by atoms with van der Waals surface area (Å²) in [4.78, 5) is 17.3. The monoisotopic (exact) mass is 384 g/mol. The van der Waals surface area contributed by atoms with Crippen molar-refractivity contribution in [2.75, 3.05) is 39.5 Å². The molecular weight excluding hydrogens is 356 g/mol. The summed E-state index contributed by atoms with van der Waals surface area (Å²) in [6, 6.07) is 16.3. The molecule has 0 radical (unpaired) electrons. The predicted molar refractivity (Wildman–Crippen MR) is 112 cm³/mol. The Bertz CT molecular complexity index is 731. The van der Waals surface area contributed by atoms with Gasteiger partial charge in [0.05, 0.1) is 7.11 Å². The molecule has 0 N–H and O–H groups in total. The molecule has 1 heterocycles. The van der Waals surface area contributed by atoms with Crippen LogP contribution in [-0.2, 0) is 12.3 Å². The number of methoxy groups -OCH3 is 1. The first-order valence-corrected chi connectivity index (χ1v) is 10.8. The molecule has 0 aliphatic carbocycles. The number of rotatable bonds is 6.